The average molecular weight is 184 g/mol. The van der Waals surface area contributed by atoms with Gasteiger partial charge in [0.2, 0.25) is 5.79 Å². The summed E-state index contributed by atoms with van der Waals surface area (Å²) in [7, 11) is 0. The lowest BCUT2D eigenvalue weighted by atomic mass is 9.80. The van der Waals surface area contributed by atoms with Gasteiger partial charge in [0.15, 0.2) is 0 Å². The minimum atomic E-state index is -1.12. The molecule has 0 aromatic carbocycles. The lowest BCUT2D eigenvalue weighted by Crippen LogP contribution is -2.43. The van der Waals surface area contributed by atoms with E-state index in [2.05, 4.69) is 6.92 Å². The van der Waals surface area contributed by atoms with Crippen LogP contribution in [0.2, 0.25) is 0 Å². The van der Waals surface area contributed by atoms with Crippen LogP contribution in [-0.4, -0.2) is 17.5 Å². The number of fused-ring (bicyclic) bond motifs is 1. The Bertz CT molecular complexity index is 247. The van der Waals surface area contributed by atoms with Gasteiger partial charge in [0.05, 0.1) is 0 Å². The smallest absolute Gasteiger partial charge is 0.221 e. The van der Waals surface area contributed by atoms with Gasteiger partial charge in [0.1, 0.15) is 6.61 Å². The monoisotopic (exact) mass is 184 g/mol. The molecule has 2 rings (SSSR count). The van der Waals surface area contributed by atoms with Crippen molar-refractivity contribution in [3.63, 3.8) is 0 Å². The van der Waals surface area contributed by atoms with Crippen LogP contribution in [0.3, 0.4) is 0 Å². The van der Waals surface area contributed by atoms with Crippen molar-refractivity contribution in [3.05, 3.63) is 11.1 Å². The molecule has 2 atom stereocenters. The highest BCUT2D eigenvalue weighted by Gasteiger charge is 2.42. The SMILES string of the molecule is CC1=C2CC[C@@H](C)C[C@@]2(O)OOC1. The van der Waals surface area contributed by atoms with E-state index in [9.17, 15) is 5.11 Å². The molecule has 0 saturated heterocycles. The summed E-state index contributed by atoms with van der Waals surface area (Å²) in [5.74, 6) is -0.622. The van der Waals surface area contributed by atoms with Gasteiger partial charge in [-0.25, -0.2) is 4.89 Å². The summed E-state index contributed by atoms with van der Waals surface area (Å²) in [5.41, 5.74) is 2.16. The Balaban J connectivity index is 2.29. The Hall–Kier alpha value is -0.380. The molecule has 3 heteroatoms. The average Bonchev–Trinajstić information content (AvgIpc) is 2.02. The summed E-state index contributed by atoms with van der Waals surface area (Å²) >= 11 is 0. The van der Waals surface area contributed by atoms with E-state index in [-0.39, 0.29) is 0 Å². The third-order valence-corrected chi connectivity index (χ3v) is 2.97. The highest BCUT2D eigenvalue weighted by Crippen LogP contribution is 2.41. The fourth-order valence-corrected chi connectivity index (χ4v) is 2.22. The zero-order valence-corrected chi connectivity index (χ0v) is 8.17. The van der Waals surface area contributed by atoms with Crippen LogP contribution in [0.1, 0.15) is 33.1 Å². The van der Waals surface area contributed by atoms with E-state index in [1.165, 1.54) is 0 Å². The number of hydrogen-bond donors (Lipinski definition) is 1. The zero-order chi connectivity index (χ0) is 9.47. The van der Waals surface area contributed by atoms with Gasteiger partial charge in [-0.3, -0.25) is 0 Å². The molecule has 13 heavy (non-hydrogen) atoms. The molecule has 1 N–H and O–H groups in total. The Morgan fingerprint density at radius 1 is 1.54 bits per heavy atom. The quantitative estimate of drug-likeness (QED) is 0.460. The standard InChI is InChI=1S/C10H16O3/c1-7-3-4-9-8(2)6-12-13-10(9,11)5-7/h7,11H,3-6H2,1-2H3/t7-,10-/m1/s1. The van der Waals surface area contributed by atoms with Gasteiger partial charge in [-0.05, 0) is 36.8 Å². The first-order valence-corrected chi connectivity index (χ1v) is 4.84. The van der Waals surface area contributed by atoms with E-state index in [0.717, 1.165) is 24.0 Å². The first kappa shape index (κ1) is 9.19. The molecule has 1 saturated carbocycles. The van der Waals surface area contributed by atoms with Crippen molar-refractivity contribution in [1.82, 2.24) is 0 Å². The minimum Gasteiger partial charge on any atom is -0.360 e. The number of rotatable bonds is 0. The van der Waals surface area contributed by atoms with Crippen molar-refractivity contribution >= 4 is 0 Å². The van der Waals surface area contributed by atoms with Crippen molar-refractivity contribution in [3.8, 4) is 0 Å². The van der Waals surface area contributed by atoms with Gasteiger partial charge in [0.25, 0.3) is 0 Å². The molecule has 0 aromatic heterocycles. The van der Waals surface area contributed by atoms with Crippen LogP contribution >= 0.6 is 0 Å². The summed E-state index contributed by atoms with van der Waals surface area (Å²) in [5, 5.41) is 10.1. The topological polar surface area (TPSA) is 38.7 Å². The van der Waals surface area contributed by atoms with Crippen LogP contribution in [0.5, 0.6) is 0 Å². The molecule has 1 heterocycles. The van der Waals surface area contributed by atoms with Crippen molar-refractivity contribution < 1.29 is 14.9 Å². The normalized spacial score (nSPS) is 40.4. The Morgan fingerprint density at radius 2 is 2.31 bits per heavy atom. The Morgan fingerprint density at radius 3 is 3.08 bits per heavy atom. The van der Waals surface area contributed by atoms with E-state index >= 15 is 0 Å². The largest absolute Gasteiger partial charge is 0.360 e. The van der Waals surface area contributed by atoms with Crippen LogP contribution in [0, 0.1) is 5.92 Å². The van der Waals surface area contributed by atoms with E-state index in [4.69, 9.17) is 9.78 Å². The minimum absolute atomic E-state index is 0.492. The number of hydrogen-bond acceptors (Lipinski definition) is 3. The molecule has 0 amide bonds. The second-order valence-corrected chi connectivity index (χ2v) is 4.24. The number of aliphatic hydroxyl groups is 1. The predicted octanol–water partition coefficient (Wildman–Crippen LogP) is 1.77. The molecular weight excluding hydrogens is 168 g/mol. The lowest BCUT2D eigenvalue weighted by Gasteiger charge is -2.40. The summed E-state index contributed by atoms with van der Waals surface area (Å²) in [6.45, 7) is 4.62. The van der Waals surface area contributed by atoms with E-state index in [0.29, 0.717) is 18.9 Å². The Kier molecular flexibility index (Phi) is 2.18. The summed E-state index contributed by atoms with van der Waals surface area (Å²) < 4.78 is 0. The van der Waals surface area contributed by atoms with Crippen LogP contribution in [0.15, 0.2) is 11.1 Å². The fraction of sp³-hybridized carbons (Fsp3) is 0.800. The third-order valence-electron chi connectivity index (χ3n) is 2.97. The fourth-order valence-electron chi connectivity index (χ4n) is 2.22. The zero-order valence-electron chi connectivity index (χ0n) is 8.17. The molecule has 0 aromatic rings. The van der Waals surface area contributed by atoms with Gasteiger partial charge in [-0.15, -0.1) is 0 Å². The molecule has 1 fully saturated rings. The van der Waals surface area contributed by atoms with Gasteiger partial charge in [-0.1, -0.05) is 6.92 Å². The second-order valence-electron chi connectivity index (χ2n) is 4.24. The predicted molar refractivity (Wildman–Crippen MR) is 47.7 cm³/mol. The van der Waals surface area contributed by atoms with Crippen molar-refractivity contribution in [1.29, 1.82) is 0 Å². The molecule has 74 valence electrons. The molecule has 1 aliphatic carbocycles. The second kappa shape index (κ2) is 3.08. The maximum Gasteiger partial charge on any atom is 0.221 e. The van der Waals surface area contributed by atoms with Crippen molar-refractivity contribution in [2.24, 2.45) is 5.92 Å². The third kappa shape index (κ3) is 1.52. The van der Waals surface area contributed by atoms with E-state index < -0.39 is 5.79 Å². The maximum absolute atomic E-state index is 10.1. The highest BCUT2D eigenvalue weighted by molar-refractivity contribution is 5.23. The molecule has 0 unspecified atom stereocenters. The van der Waals surface area contributed by atoms with Gasteiger partial charge < -0.3 is 5.11 Å². The Labute approximate surface area is 78.3 Å². The van der Waals surface area contributed by atoms with Gasteiger partial charge in [0, 0.05) is 6.42 Å². The van der Waals surface area contributed by atoms with Crippen molar-refractivity contribution in [2.45, 2.75) is 38.9 Å². The summed E-state index contributed by atoms with van der Waals surface area (Å²) in [4.78, 5) is 9.90. The van der Waals surface area contributed by atoms with Crippen LogP contribution in [-0.2, 0) is 9.78 Å². The molecule has 0 radical (unpaired) electrons. The van der Waals surface area contributed by atoms with E-state index in [1.54, 1.807) is 0 Å². The van der Waals surface area contributed by atoms with E-state index in [1.807, 2.05) is 6.92 Å². The molecule has 3 nitrogen and oxygen atoms in total. The summed E-state index contributed by atoms with van der Waals surface area (Å²) in [6, 6.07) is 0. The lowest BCUT2D eigenvalue weighted by molar-refractivity contribution is -0.417. The first-order chi connectivity index (χ1) is 6.12. The van der Waals surface area contributed by atoms with Gasteiger partial charge in [-0.2, -0.15) is 4.89 Å². The van der Waals surface area contributed by atoms with Crippen LogP contribution in [0.25, 0.3) is 0 Å². The highest BCUT2D eigenvalue weighted by atomic mass is 17.2. The molecule has 1 aliphatic heterocycles. The first-order valence-electron chi connectivity index (χ1n) is 4.84. The molecule has 0 bridgehead atoms. The van der Waals surface area contributed by atoms with Crippen LogP contribution < -0.4 is 0 Å². The maximum atomic E-state index is 10.1. The molecule has 0 spiro atoms. The summed E-state index contributed by atoms with van der Waals surface area (Å²) in [6.07, 6.45) is 2.73. The van der Waals surface area contributed by atoms with Crippen molar-refractivity contribution in [2.75, 3.05) is 6.61 Å². The van der Waals surface area contributed by atoms with Crippen LogP contribution in [0.4, 0.5) is 0 Å². The molecular formula is C10H16O3. The van der Waals surface area contributed by atoms with Gasteiger partial charge >= 0.3 is 0 Å². The molecule has 2 aliphatic rings.